The Hall–Kier alpha value is -2.61. The van der Waals surface area contributed by atoms with Crippen molar-refractivity contribution in [3.8, 4) is 11.8 Å². The average Bonchev–Trinajstić information content (AvgIpc) is 2.83. The molecule has 0 saturated carbocycles. The van der Waals surface area contributed by atoms with Gasteiger partial charge < -0.3 is 20.1 Å². The Labute approximate surface area is 237 Å². The van der Waals surface area contributed by atoms with E-state index in [1.165, 1.54) is 30.3 Å². The largest absolute Gasteiger partial charge is 0.491 e. The number of halogens is 4. The van der Waals surface area contributed by atoms with E-state index in [1.54, 1.807) is 6.92 Å². The van der Waals surface area contributed by atoms with E-state index >= 15 is 0 Å². The molecule has 8 nitrogen and oxygen atoms in total. The highest BCUT2D eigenvalue weighted by Gasteiger charge is 2.44. The molecule has 37 heavy (non-hydrogen) atoms. The number of nitrogens with zero attached hydrogens (tertiary/aromatic N) is 1. The number of nitrogens with one attached hydrogen (secondary N) is 2. The van der Waals surface area contributed by atoms with Crippen LogP contribution in [0.3, 0.4) is 0 Å². The predicted octanol–water partition coefficient (Wildman–Crippen LogP) is 5.81. The summed E-state index contributed by atoms with van der Waals surface area (Å²) < 4.78 is 10.3. The maximum absolute atomic E-state index is 13.0. The third kappa shape index (κ3) is 6.83. The number of nitriles is 1. The van der Waals surface area contributed by atoms with Gasteiger partial charge in [-0.1, -0.05) is 58.2 Å². The molecule has 2 atom stereocenters. The standard InChI is InChI=1S/C24H19Cl4N3O5S/c1-3-36-21-16(27)4-11(5-17(21)28)19-15(9-29)23(31-22(33)20(19)24(34)35-2)37-10-18(32)30-14-7-12(25)6-13(26)8-14/h4-8,19-20H,3,10H2,1-2H3,(H,30,32)(H,31,33)/t19-,20+/m1/s1. The number of methoxy groups -OCH3 is 1. The maximum Gasteiger partial charge on any atom is 0.319 e. The summed E-state index contributed by atoms with van der Waals surface area (Å²) in [6.07, 6.45) is 0. The summed E-state index contributed by atoms with van der Waals surface area (Å²) in [5.41, 5.74) is 0.749. The van der Waals surface area contributed by atoms with E-state index < -0.39 is 29.6 Å². The predicted molar refractivity (Wildman–Crippen MR) is 144 cm³/mol. The van der Waals surface area contributed by atoms with Gasteiger partial charge in [0.05, 0.1) is 46.2 Å². The molecule has 0 bridgehead atoms. The molecule has 2 aromatic carbocycles. The quantitative estimate of drug-likeness (QED) is 0.289. The molecule has 1 aliphatic heterocycles. The zero-order valence-corrected chi connectivity index (χ0v) is 23.2. The van der Waals surface area contributed by atoms with Gasteiger partial charge in [0.25, 0.3) is 0 Å². The Balaban J connectivity index is 1.96. The van der Waals surface area contributed by atoms with Crippen molar-refractivity contribution in [3.63, 3.8) is 0 Å². The molecule has 0 aromatic heterocycles. The highest BCUT2D eigenvalue weighted by molar-refractivity contribution is 8.03. The normalized spacial score (nSPS) is 17.1. The minimum absolute atomic E-state index is 0.0369. The number of esters is 1. The Morgan fingerprint density at radius 3 is 2.27 bits per heavy atom. The van der Waals surface area contributed by atoms with Crippen molar-refractivity contribution in [1.82, 2.24) is 5.32 Å². The first-order chi connectivity index (χ1) is 17.6. The summed E-state index contributed by atoms with van der Waals surface area (Å²) >= 11 is 25.6. The maximum atomic E-state index is 13.0. The van der Waals surface area contributed by atoms with Gasteiger partial charge in [-0.15, -0.1) is 0 Å². The molecule has 0 aliphatic carbocycles. The van der Waals surface area contributed by atoms with E-state index in [4.69, 9.17) is 55.9 Å². The Kier molecular flexibility index (Phi) is 9.99. The van der Waals surface area contributed by atoms with Gasteiger partial charge in [0.15, 0.2) is 5.75 Å². The molecule has 0 spiro atoms. The van der Waals surface area contributed by atoms with Gasteiger partial charge in [-0.05, 0) is 42.8 Å². The van der Waals surface area contributed by atoms with E-state index in [0.29, 0.717) is 27.9 Å². The lowest BCUT2D eigenvalue weighted by atomic mass is 9.78. The number of amides is 2. The van der Waals surface area contributed by atoms with Crippen molar-refractivity contribution in [1.29, 1.82) is 5.26 Å². The van der Waals surface area contributed by atoms with Crippen LogP contribution in [-0.4, -0.2) is 37.3 Å². The van der Waals surface area contributed by atoms with Crippen LogP contribution in [0.5, 0.6) is 5.75 Å². The number of allylic oxidation sites excluding steroid dienone is 1. The fourth-order valence-corrected chi connectivity index (χ4v) is 5.67. The lowest BCUT2D eigenvalue weighted by Gasteiger charge is -2.31. The average molecular weight is 603 g/mol. The van der Waals surface area contributed by atoms with E-state index in [9.17, 15) is 19.6 Å². The van der Waals surface area contributed by atoms with Crippen LogP contribution in [0, 0.1) is 17.2 Å². The first-order valence-electron chi connectivity index (χ1n) is 10.6. The van der Waals surface area contributed by atoms with E-state index in [0.717, 1.165) is 18.9 Å². The molecule has 194 valence electrons. The van der Waals surface area contributed by atoms with Gasteiger partial charge in [0.2, 0.25) is 11.8 Å². The second-order valence-corrected chi connectivity index (χ2v) is 10.2. The van der Waals surface area contributed by atoms with E-state index in [-0.39, 0.29) is 32.1 Å². The number of anilines is 1. The van der Waals surface area contributed by atoms with E-state index in [2.05, 4.69) is 16.7 Å². The summed E-state index contributed by atoms with van der Waals surface area (Å²) in [6, 6.07) is 9.57. The van der Waals surface area contributed by atoms with Crippen LogP contribution in [0.4, 0.5) is 5.69 Å². The molecule has 2 N–H and O–H groups in total. The monoisotopic (exact) mass is 601 g/mol. The smallest absolute Gasteiger partial charge is 0.319 e. The number of carbonyl (C=O) groups is 3. The summed E-state index contributed by atoms with van der Waals surface area (Å²) in [5, 5.41) is 16.3. The second-order valence-electron chi connectivity index (χ2n) is 7.56. The van der Waals surface area contributed by atoms with Gasteiger partial charge >= 0.3 is 5.97 Å². The molecular weight excluding hydrogens is 584 g/mol. The molecule has 2 amide bonds. The molecule has 0 unspecified atom stereocenters. The summed E-state index contributed by atoms with van der Waals surface area (Å²) in [6.45, 7) is 2.07. The van der Waals surface area contributed by atoms with Gasteiger partial charge in [-0.2, -0.15) is 5.26 Å². The number of hydrogen-bond donors (Lipinski definition) is 2. The van der Waals surface area contributed by atoms with Gasteiger partial charge in [-0.3, -0.25) is 14.4 Å². The van der Waals surface area contributed by atoms with Crippen LogP contribution in [0.15, 0.2) is 40.9 Å². The van der Waals surface area contributed by atoms with Crippen LogP contribution in [0.25, 0.3) is 0 Å². The van der Waals surface area contributed by atoms with Crippen molar-refractivity contribution >= 4 is 81.6 Å². The van der Waals surface area contributed by atoms with Gasteiger partial charge in [0, 0.05) is 21.7 Å². The van der Waals surface area contributed by atoms with Crippen LogP contribution < -0.4 is 15.4 Å². The van der Waals surface area contributed by atoms with Crippen molar-refractivity contribution in [3.05, 3.63) is 66.6 Å². The van der Waals surface area contributed by atoms with Gasteiger partial charge in [-0.25, -0.2) is 0 Å². The Morgan fingerprint density at radius 1 is 1.11 bits per heavy atom. The number of rotatable bonds is 8. The van der Waals surface area contributed by atoms with Crippen molar-refractivity contribution < 1.29 is 23.9 Å². The minimum atomic E-state index is -1.39. The minimum Gasteiger partial charge on any atom is -0.491 e. The fourth-order valence-electron chi connectivity index (χ4n) is 3.68. The van der Waals surface area contributed by atoms with Crippen LogP contribution in [0.1, 0.15) is 18.4 Å². The highest BCUT2D eigenvalue weighted by atomic mass is 35.5. The third-order valence-electron chi connectivity index (χ3n) is 5.15. The molecule has 2 aromatic rings. The fraction of sp³-hybridized carbons (Fsp3) is 0.250. The number of ether oxygens (including phenoxy) is 2. The summed E-state index contributed by atoms with van der Waals surface area (Å²) in [5.74, 6) is -4.41. The number of carbonyl (C=O) groups excluding carboxylic acids is 3. The van der Waals surface area contributed by atoms with Crippen molar-refractivity contribution in [2.24, 2.45) is 5.92 Å². The number of benzene rings is 2. The van der Waals surface area contributed by atoms with Crippen LogP contribution >= 0.6 is 58.2 Å². The highest BCUT2D eigenvalue weighted by Crippen LogP contribution is 2.44. The summed E-state index contributed by atoms with van der Waals surface area (Å²) in [4.78, 5) is 38.2. The summed E-state index contributed by atoms with van der Waals surface area (Å²) in [7, 11) is 1.14. The Morgan fingerprint density at radius 2 is 1.73 bits per heavy atom. The molecule has 0 saturated heterocycles. The SMILES string of the molecule is CCOc1c(Cl)cc([C@@H]2C(C#N)=C(SCC(=O)Nc3cc(Cl)cc(Cl)c3)NC(=O)[C@H]2C(=O)OC)cc1Cl. The molecule has 1 aliphatic rings. The zero-order chi connectivity index (χ0) is 27.3. The Bertz CT molecular complexity index is 1280. The van der Waals surface area contributed by atoms with Crippen LogP contribution in [0.2, 0.25) is 20.1 Å². The first-order valence-corrected chi connectivity index (χ1v) is 13.1. The molecule has 13 heteroatoms. The lowest BCUT2D eigenvalue weighted by Crippen LogP contribution is -2.44. The third-order valence-corrected chi connectivity index (χ3v) is 7.16. The molecular formula is C24H19Cl4N3O5S. The van der Waals surface area contributed by atoms with Crippen molar-refractivity contribution in [2.75, 3.05) is 24.8 Å². The van der Waals surface area contributed by atoms with Crippen molar-refractivity contribution in [2.45, 2.75) is 12.8 Å². The molecule has 0 radical (unpaired) electrons. The number of hydrogen-bond acceptors (Lipinski definition) is 7. The first kappa shape index (κ1) is 29.0. The topological polar surface area (TPSA) is 118 Å². The number of thioether (sulfide) groups is 1. The molecule has 1 heterocycles. The molecule has 0 fully saturated rings. The van der Waals surface area contributed by atoms with Crippen LogP contribution in [-0.2, 0) is 19.1 Å². The van der Waals surface area contributed by atoms with Gasteiger partial charge in [0.1, 0.15) is 5.92 Å². The van der Waals surface area contributed by atoms with E-state index in [1.807, 2.05) is 0 Å². The molecule has 3 rings (SSSR count). The zero-order valence-electron chi connectivity index (χ0n) is 19.4. The second kappa shape index (κ2) is 12.8. The lowest BCUT2D eigenvalue weighted by molar-refractivity contribution is -0.150.